The second-order valence-electron chi connectivity index (χ2n) is 9.00. The van der Waals surface area contributed by atoms with Gasteiger partial charge in [0.25, 0.3) is 5.91 Å². The van der Waals surface area contributed by atoms with Crippen molar-refractivity contribution < 1.29 is 13.2 Å². The minimum absolute atomic E-state index is 0.0563. The highest BCUT2D eigenvalue weighted by Gasteiger charge is 2.30. The largest absolute Gasteiger partial charge is 0.320 e. The van der Waals surface area contributed by atoms with E-state index in [0.29, 0.717) is 38.0 Å². The number of amides is 1. The Kier molecular flexibility index (Phi) is 7.73. The maximum atomic E-state index is 13.0. The van der Waals surface area contributed by atoms with Gasteiger partial charge in [-0.3, -0.25) is 9.78 Å². The van der Waals surface area contributed by atoms with Crippen LogP contribution in [0.5, 0.6) is 0 Å². The van der Waals surface area contributed by atoms with E-state index >= 15 is 0 Å². The van der Waals surface area contributed by atoms with Gasteiger partial charge in [0, 0.05) is 53.9 Å². The highest BCUT2D eigenvalue weighted by molar-refractivity contribution is 7.89. The van der Waals surface area contributed by atoms with Gasteiger partial charge in [-0.15, -0.1) is 11.3 Å². The van der Waals surface area contributed by atoms with Crippen LogP contribution in [0.3, 0.4) is 0 Å². The van der Waals surface area contributed by atoms with Crippen LogP contribution in [0.25, 0.3) is 11.1 Å². The van der Waals surface area contributed by atoms with Crippen molar-refractivity contribution >= 4 is 33.0 Å². The number of hydrogen-bond acceptors (Lipinski definition) is 6. The lowest BCUT2D eigenvalue weighted by molar-refractivity contribution is 0.102. The summed E-state index contributed by atoms with van der Waals surface area (Å²) in [5, 5.41) is 5.67. The number of aromatic nitrogens is 2. The van der Waals surface area contributed by atoms with Crippen LogP contribution in [-0.2, 0) is 16.4 Å². The summed E-state index contributed by atoms with van der Waals surface area (Å²) in [7, 11) is -3.34. The number of thiazole rings is 1. The average molecular weight is 533 g/mol. The average Bonchev–Trinajstić information content (AvgIpc) is 3.44. The number of sulfonamides is 1. The summed E-state index contributed by atoms with van der Waals surface area (Å²) in [4.78, 5) is 21.9. The number of para-hydroxylation sites is 1. The highest BCUT2D eigenvalue weighted by Crippen LogP contribution is 2.32. The maximum absolute atomic E-state index is 13.0. The molecule has 190 valence electrons. The first-order chi connectivity index (χ1) is 18.0. The van der Waals surface area contributed by atoms with Gasteiger partial charge in [0.2, 0.25) is 10.0 Å². The molecule has 1 aliphatic heterocycles. The number of aryl methyl sites for hydroxylation is 1. The number of pyridine rings is 1. The number of carbonyl (C=O) groups is 1. The van der Waals surface area contributed by atoms with Gasteiger partial charge in [-0.05, 0) is 36.6 Å². The zero-order valence-corrected chi connectivity index (χ0v) is 21.9. The summed E-state index contributed by atoms with van der Waals surface area (Å²) in [5.74, 6) is -0.0495. The molecule has 37 heavy (non-hydrogen) atoms. The van der Waals surface area contributed by atoms with Crippen LogP contribution in [-0.4, -0.2) is 47.4 Å². The molecule has 5 rings (SSSR count). The Morgan fingerprint density at radius 1 is 0.973 bits per heavy atom. The second-order valence-corrected chi connectivity index (χ2v) is 12.0. The summed E-state index contributed by atoms with van der Waals surface area (Å²) < 4.78 is 27.2. The molecule has 0 radical (unpaired) electrons. The van der Waals surface area contributed by atoms with Crippen molar-refractivity contribution in [3.05, 3.63) is 101 Å². The van der Waals surface area contributed by atoms with E-state index in [1.54, 1.807) is 15.9 Å². The fraction of sp³-hybridized carbons (Fsp3) is 0.250. The number of hydrogen-bond donors (Lipinski definition) is 1. The third-order valence-electron chi connectivity index (χ3n) is 6.55. The predicted octanol–water partition coefficient (Wildman–Crippen LogP) is 5.21. The zero-order chi connectivity index (χ0) is 25.7. The molecule has 1 N–H and O–H groups in total. The first kappa shape index (κ1) is 25.3. The Labute approximate surface area is 221 Å². The van der Waals surface area contributed by atoms with Crippen LogP contribution in [0.4, 0.5) is 5.69 Å². The molecule has 1 aliphatic rings. The number of anilines is 1. The standard InChI is InChI=1S/C28H28N4O3S2/c33-27(30-25-12-5-4-11-24(25)21-8-2-1-3-9-21)26-20-36-28(31-26)22-13-17-32(18-14-22)37(34,35)19-15-23-10-6-7-16-29-23/h1-12,16,20,22H,13-15,17-19H2,(H,30,33). The molecule has 9 heteroatoms. The van der Waals surface area contributed by atoms with Crippen molar-refractivity contribution in [2.24, 2.45) is 0 Å². The summed E-state index contributed by atoms with van der Waals surface area (Å²) in [5.41, 5.74) is 3.87. The molecule has 1 saturated heterocycles. The van der Waals surface area contributed by atoms with Crippen molar-refractivity contribution in [3.8, 4) is 11.1 Å². The van der Waals surface area contributed by atoms with E-state index in [4.69, 9.17) is 0 Å². The fourth-order valence-electron chi connectivity index (χ4n) is 4.52. The minimum Gasteiger partial charge on any atom is -0.320 e. The molecule has 2 aromatic heterocycles. The summed E-state index contributed by atoms with van der Waals surface area (Å²) >= 11 is 1.46. The number of nitrogens with one attached hydrogen (secondary N) is 1. The minimum atomic E-state index is -3.34. The summed E-state index contributed by atoms with van der Waals surface area (Å²) in [6.07, 6.45) is 3.46. The molecule has 7 nitrogen and oxygen atoms in total. The molecule has 0 aliphatic carbocycles. The van der Waals surface area contributed by atoms with Crippen LogP contribution in [0.15, 0.2) is 84.4 Å². The lowest BCUT2D eigenvalue weighted by Gasteiger charge is -2.30. The molecule has 0 atom stereocenters. The SMILES string of the molecule is O=C(Nc1ccccc1-c1ccccc1)c1csc(C2CCN(S(=O)(=O)CCc3ccccn3)CC2)n1. The van der Waals surface area contributed by atoms with Crippen molar-refractivity contribution in [2.45, 2.75) is 25.2 Å². The first-order valence-corrected chi connectivity index (χ1v) is 14.8. The third kappa shape index (κ3) is 6.12. The quantitative estimate of drug-likeness (QED) is 0.336. The number of nitrogens with zero attached hydrogens (tertiary/aromatic N) is 3. The normalized spacial score (nSPS) is 14.9. The van der Waals surface area contributed by atoms with Gasteiger partial charge in [0.05, 0.1) is 10.8 Å². The molecule has 3 heterocycles. The summed E-state index contributed by atoms with van der Waals surface area (Å²) in [6.45, 7) is 0.918. The first-order valence-electron chi connectivity index (χ1n) is 12.3. The second kappa shape index (κ2) is 11.3. The third-order valence-corrected chi connectivity index (χ3v) is 9.43. The topological polar surface area (TPSA) is 92.3 Å². The van der Waals surface area contributed by atoms with Crippen LogP contribution >= 0.6 is 11.3 Å². The molecule has 2 aromatic carbocycles. The molecule has 0 unspecified atom stereocenters. The van der Waals surface area contributed by atoms with Crippen LogP contribution in [0, 0.1) is 0 Å². The van der Waals surface area contributed by atoms with Gasteiger partial charge in [-0.2, -0.15) is 0 Å². The predicted molar refractivity (Wildman–Crippen MR) is 147 cm³/mol. The van der Waals surface area contributed by atoms with E-state index in [-0.39, 0.29) is 17.6 Å². The molecule has 1 amide bonds. The van der Waals surface area contributed by atoms with Gasteiger partial charge >= 0.3 is 0 Å². The number of piperidine rings is 1. The van der Waals surface area contributed by atoms with Crippen LogP contribution < -0.4 is 5.32 Å². The molecule has 0 spiro atoms. The Morgan fingerprint density at radius 3 is 2.46 bits per heavy atom. The summed E-state index contributed by atoms with van der Waals surface area (Å²) in [6, 6.07) is 23.2. The smallest absolute Gasteiger partial charge is 0.275 e. The monoisotopic (exact) mass is 532 g/mol. The zero-order valence-electron chi connectivity index (χ0n) is 20.3. The van der Waals surface area contributed by atoms with E-state index in [2.05, 4.69) is 15.3 Å². The fourth-order valence-corrected chi connectivity index (χ4v) is 6.98. The van der Waals surface area contributed by atoms with Gasteiger partial charge in [0.15, 0.2) is 0 Å². The van der Waals surface area contributed by atoms with Gasteiger partial charge in [-0.1, -0.05) is 54.6 Å². The molecule has 4 aromatic rings. The number of carbonyl (C=O) groups excluding carboxylic acids is 1. The van der Waals surface area contributed by atoms with E-state index in [1.165, 1.54) is 11.3 Å². The van der Waals surface area contributed by atoms with Crippen molar-refractivity contribution in [3.63, 3.8) is 0 Å². The Hall–Kier alpha value is -3.40. The molecule has 0 saturated carbocycles. The number of benzene rings is 2. The number of rotatable bonds is 8. The Bertz CT molecular complexity index is 1450. The molecule has 1 fully saturated rings. The van der Waals surface area contributed by atoms with Crippen molar-refractivity contribution in [1.29, 1.82) is 0 Å². The van der Waals surface area contributed by atoms with Crippen LogP contribution in [0.2, 0.25) is 0 Å². The Balaban J connectivity index is 1.19. The van der Waals surface area contributed by atoms with Crippen molar-refractivity contribution in [2.75, 3.05) is 24.2 Å². The van der Waals surface area contributed by atoms with E-state index in [0.717, 1.165) is 27.5 Å². The molecular formula is C28H28N4O3S2. The van der Waals surface area contributed by atoms with E-state index < -0.39 is 10.0 Å². The highest BCUT2D eigenvalue weighted by atomic mass is 32.2. The lowest BCUT2D eigenvalue weighted by atomic mass is 9.99. The molecule has 0 bridgehead atoms. The maximum Gasteiger partial charge on any atom is 0.275 e. The van der Waals surface area contributed by atoms with Crippen LogP contribution in [0.1, 0.15) is 39.9 Å². The van der Waals surface area contributed by atoms with Gasteiger partial charge in [0.1, 0.15) is 5.69 Å². The van der Waals surface area contributed by atoms with Gasteiger partial charge in [-0.25, -0.2) is 17.7 Å². The van der Waals surface area contributed by atoms with Crippen molar-refractivity contribution in [1.82, 2.24) is 14.3 Å². The van der Waals surface area contributed by atoms with E-state index in [1.807, 2.05) is 72.8 Å². The van der Waals surface area contributed by atoms with E-state index in [9.17, 15) is 13.2 Å². The van der Waals surface area contributed by atoms with Gasteiger partial charge < -0.3 is 5.32 Å². The lowest BCUT2D eigenvalue weighted by Crippen LogP contribution is -2.39. The Morgan fingerprint density at radius 2 is 1.70 bits per heavy atom. The molecular weight excluding hydrogens is 504 g/mol.